The summed E-state index contributed by atoms with van der Waals surface area (Å²) in [5.41, 5.74) is -0.601. The van der Waals surface area contributed by atoms with Crippen molar-refractivity contribution in [2.75, 3.05) is 18.4 Å². The predicted molar refractivity (Wildman–Crippen MR) is 108 cm³/mol. The third kappa shape index (κ3) is 5.87. The average molecular weight is 436 g/mol. The van der Waals surface area contributed by atoms with Crippen LogP contribution < -0.4 is 10.6 Å². The Kier molecular flexibility index (Phi) is 6.37. The molecule has 0 aliphatic carbocycles. The van der Waals surface area contributed by atoms with E-state index >= 15 is 0 Å². The van der Waals surface area contributed by atoms with Gasteiger partial charge in [0.15, 0.2) is 11.6 Å². The lowest BCUT2D eigenvalue weighted by Crippen LogP contribution is -2.40. The molecule has 10 heteroatoms. The molecular formula is C21H23F3N4O3. The zero-order chi connectivity index (χ0) is 22.8. The Hall–Kier alpha value is -3.30. The van der Waals surface area contributed by atoms with E-state index in [0.717, 1.165) is 24.4 Å². The topological polar surface area (TPSA) is 83.6 Å². The van der Waals surface area contributed by atoms with Gasteiger partial charge in [-0.2, -0.15) is 0 Å². The lowest BCUT2D eigenvalue weighted by molar-refractivity contribution is 0.0290. The van der Waals surface area contributed by atoms with Gasteiger partial charge in [0.05, 0.1) is 11.8 Å². The van der Waals surface area contributed by atoms with Gasteiger partial charge in [-0.3, -0.25) is 4.79 Å². The van der Waals surface area contributed by atoms with Gasteiger partial charge in [0.2, 0.25) is 0 Å². The second-order valence-electron chi connectivity index (χ2n) is 8.19. The smallest absolute Gasteiger partial charge is 0.410 e. The second kappa shape index (κ2) is 8.83. The summed E-state index contributed by atoms with van der Waals surface area (Å²) in [6.45, 7) is 5.94. The van der Waals surface area contributed by atoms with Gasteiger partial charge >= 0.3 is 6.09 Å². The number of benzene rings is 1. The minimum atomic E-state index is -1.08. The Morgan fingerprint density at radius 1 is 1.16 bits per heavy atom. The first kappa shape index (κ1) is 22.4. The largest absolute Gasteiger partial charge is 0.444 e. The van der Waals surface area contributed by atoms with Crippen molar-refractivity contribution in [3.8, 4) is 0 Å². The Labute approximate surface area is 177 Å². The van der Waals surface area contributed by atoms with Crippen LogP contribution in [0.3, 0.4) is 0 Å². The first-order valence-electron chi connectivity index (χ1n) is 9.68. The van der Waals surface area contributed by atoms with Gasteiger partial charge in [0, 0.05) is 30.9 Å². The lowest BCUT2D eigenvalue weighted by Gasteiger charge is -2.24. The number of rotatable bonds is 4. The quantitative estimate of drug-likeness (QED) is 0.758. The minimum absolute atomic E-state index is 0.0214. The Bertz CT molecular complexity index is 994. The van der Waals surface area contributed by atoms with Crippen LogP contribution in [0, 0.1) is 17.5 Å². The van der Waals surface area contributed by atoms with Crippen molar-refractivity contribution in [1.29, 1.82) is 0 Å². The molecule has 1 aliphatic rings. The highest BCUT2D eigenvalue weighted by Crippen LogP contribution is 2.22. The second-order valence-corrected chi connectivity index (χ2v) is 8.19. The first-order chi connectivity index (χ1) is 14.5. The first-order valence-corrected chi connectivity index (χ1v) is 9.68. The van der Waals surface area contributed by atoms with Crippen LogP contribution in [0.15, 0.2) is 30.5 Å². The van der Waals surface area contributed by atoms with E-state index in [9.17, 15) is 22.8 Å². The molecule has 0 radical (unpaired) electrons. The molecule has 1 aromatic heterocycles. The molecule has 0 saturated carbocycles. The van der Waals surface area contributed by atoms with Gasteiger partial charge in [-0.05, 0) is 45.4 Å². The molecule has 2 N–H and O–H groups in total. The van der Waals surface area contributed by atoms with Crippen molar-refractivity contribution >= 4 is 23.5 Å². The molecule has 2 aromatic rings. The summed E-state index contributed by atoms with van der Waals surface area (Å²) in [4.78, 5) is 30.3. The molecule has 2 heterocycles. The van der Waals surface area contributed by atoms with Gasteiger partial charge in [0.25, 0.3) is 5.91 Å². The normalized spacial score (nSPS) is 16.2. The van der Waals surface area contributed by atoms with E-state index in [2.05, 4.69) is 15.6 Å². The number of amides is 2. The summed E-state index contributed by atoms with van der Waals surface area (Å²) >= 11 is 0. The SMILES string of the molecule is CC(C)(C)OC(=O)N1CC[C@@H](NC(=O)c2cc(F)cnc2Nc2ccc(F)c(F)c2)C1. The van der Waals surface area contributed by atoms with E-state index in [1.807, 2.05) is 0 Å². The molecule has 1 atom stereocenters. The fourth-order valence-electron chi connectivity index (χ4n) is 3.06. The summed E-state index contributed by atoms with van der Waals surface area (Å²) in [6.07, 6.45) is 0.927. The molecule has 1 fully saturated rings. The summed E-state index contributed by atoms with van der Waals surface area (Å²) in [7, 11) is 0. The van der Waals surface area contributed by atoms with E-state index in [1.54, 1.807) is 20.8 Å². The number of nitrogens with one attached hydrogen (secondary N) is 2. The number of nitrogens with zero attached hydrogens (tertiary/aromatic N) is 2. The number of halogens is 3. The number of ether oxygens (including phenoxy) is 1. The van der Waals surface area contributed by atoms with Crippen LogP contribution in [0.1, 0.15) is 37.6 Å². The van der Waals surface area contributed by atoms with Crippen LogP contribution >= 0.6 is 0 Å². The van der Waals surface area contributed by atoms with E-state index in [0.29, 0.717) is 13.0 Å². The molecule has 3 rings (SSSR count). The number of anilines is 2. The number of hydrogen-bond acceptors (Lipinski definition) is 5. The van der Waals surface area contributed by atoms with Crippen LogP contribution in [0.4, 0.5) is 29.5 Å². The summed E-state index contributed by atoms with van der Waals surface area (Å²) in [5, 5.41) is 5.44. The number of likely N-dealkylation sites (tertiary alicyclic amines) is 1. The van der Waals surface area contributed by atoms with Gasteiger partial charge in [-0.15, -0.1) is 0 Å². The van der Waals surface area contributed by atoms with Crippen molar-refractivity contribution < 1.29 is 27.5 Å². The zero-order valence-electron chi connectivity index (χ0n) is 17.3. The summed E-state index contributed by atoms with van der Waals surface area (Å²) in [5.74, 6) is -3.47. The molecule has 2 amide bonds. The highest BCUT2D eigenvalue weighted by Gasteiger charge is 2.31. The molecule has 0 unspecified atom stereocenters. The van der Waals surface area contributed by atoms with Gasteiger partial charge in [0.1, 0.15) is 17.2 Å². The van der Waals surface area contributed by atoms with Crippen molar-refractivity contribution in [2.45, 2.75) is 38.8 Å². The molecule has 1 saturated heterocycles. The fraction of sp³-hybridized carbons (Fsp3) is 0.381. The maximum absolute atomic E-state index is 13.8. The Balaban J connectivity index is 1.70. The predicted octanol–water partition coefficient (Wildman–Crippen LogP) is 3.98. The van der Waals surface area contributed by atoms with Crippen LogP contribution in [0.2, 0.25) is 0 Å². The third-order valence-electron chi connectivity index (χ3n) is 4.46. The number of pyridine rings is 1. The Morgan fingerprint density at radius 2 is 1.90 bits per heavy atom. The van der Waals surface area contributed by atoms with Gasteiger partial charge in [-0.25, -0.2) is 22.9 Å². The van der Waals surface area contributed by atoms with Crippen molar-refractivity contribution in [3.63, 3.8) is 0 Å². The monoisotopic (exact) mass is 436 g/mol. The maximum Gasteiger partial charge on any atom is 0.410 e. The zero-order valence-corrected chi connectivity index (χ0v) is 17.3. The lowest BCUT2D eigenvalue weighted by atomic mass is 10.2. The Morgan fingerprint density at radius 3 is 2.58 bits per heavy atom. The fourth-order valence-corrected chi connectivity index (χ4v) is 3.06. The van der Waals surface area contributed by atoms with Crippen LogP contribution in [-0.4, -0.2) is 46.6 Å². The molecule has 0 bridgehead atoms. The highest BCUT2D eigenvalue weighted by atomic mass is 19.2. The van der Waals surface area contributed by atoms with Crippen LogP contribution in [0.5, 0.6) is 0 Å². The molecule has 1 aliphatic heterocycles. The molecule has 1 aromatic carbocycles. The maximum atomic E-state index is 13.8. The minimum Gasteiger partial charge on any atom is -0.444 e. The summed E-state index contributed by atoms with van der Waals surface area (Å²) in [6, 6.07) is 3.72. The van der Waals surface area contributed by atoms with Gasteiger partial charge in [-0.1, -0.05) is 0 Å². The van der Waals surface area contributed by atoms with Crippen molar-refractivity contribution in [1.82, 2.24) is 15.2 Å². The van der Waals surface area contributed by atoms with Crippen LogP contribution in [-0.2, 0) is 4.74 Å². The average Bonchev–Trinajstić information content (AvgIpc) is 3.13. The van der Waals surface area contributed by atoms with E-state index in [1.165, 1.54) is 11.0 Å². The third-order valence-corrected chi connectivity index (χ3v) is 4.46. The standard InChI is InChI=1S/C21H23F3N4O3/c1-21(2,3)31-20(30)28-7-6-14(11-28)27-19(29)15-8-12(22)10-25-18(15)26-13-4-5-16(23)17(24)9-13/h4-5,8-10,14H,6-7,11H2,1-3H3,(H,25,26)(H,27,29)/t14-/m1/s1. The van der Waals surface area contributed by atoms with E-state index in [-0.39, 0.29) is 29.7 Å². The highest BCUT2D eigenvalue weighted by molar-refractivity contribution is 5.99. The number of aromatic nitrogens is 1. The molecular weight excluding hydrogens is 413 g/mol. The van der Waals surface area contributed by atoms with Crippen molar-refractivity contribution in [2.24, 2.45) is 0 Å². The molecule has 31 heavy (non-hydrogen) atoms. The number of carbonyl (C=O) groups excluding carboxylic acids is 2. The van der Waals surface area contributed by atoms with Crippen molar-refractivity contribution in [3.05, 3.63) is 53.5 Å². The van der Waals surface area contributed by atoms with E-state index in [4.69, 9.17) is 4.74 Å². The summed E-state index contributed by atoms with van der Waals surface area (Å²) < 4.78 is 45.7. The molecule has 0 spiro atoms. The van der Waals surface area contributed by atoms with Crippen LogP contribution in [0.25, 0.3) is 0 Å². The number of carbonyl (C=O) groups is 2. The van der Waals surface area contributed by atoms with Gasteiger partial charge < -0.3 is 20.3 Å². The molecule has 7 nitrogen and oxygen atoms in total. The molecule has 166 valence electrons. The van der Waals surface area contributed by atoms with E-state index < -0.39 is 35.1 Å². The number of hydrogen-bond donors (Lipinski definition) is 2.